The van der Waals surface area contributed by atoms with E-state index in [0.717, 1.165) is 16.5 Å². The van der Waals surface area contributed by atoms with Gasteiger partial charge in [-0.05, 0) is 45.9 Å². The Morgan fingerprint density at radius 2 is 1.69 bits per heavy atom. The Morgan fingerprint density at radius 1 is 1.03 bits per heavy atom. The Balaban J connectivity index is 0.00000145. The highest BCUT2D eigenvalue weighted by atomic mass is 16.6. The summed E-state index contributed by atoms with van der Waals surface area (Å²) < 4.78 is 5.38. The van der Waals surface area contributed by atoms with E-state index in [-0.39, 0.29) is 12.0 Å². The molecule has 1 aliphatic rings. The quantitative estimate of drug-likeness (QED) is 0.831. The number of ether oxygens (including phenoxy) is 1. The highest BCUT2D eigenvalue weighted by molar-refractivity contribution is 5.94. The first-order valence-corrected chi connectivity index (χ1v) is 10.1. The number of aryl methyl sites for hydroxylation is 1. The van der Waals surface area contributed by atoms with Crippen molar-refractivity contribution in [3.8, 4) is 0 Å². The van der Waals surface area contributed by atoms with Crippen molar-refractivity contribution in [2.45, 2.75) is 47.1 Å². The third-order valence-corrected chi connectivity index (χ3v) is 4.27. The summed E-state index contributed by atoms with van der Waals surface area (Å²) in [5, 5.41) is 2.82. The lowest BCUT2D eigenvalue weighted by molar-refractivity contribution is 0.00971. The van der Waals surface area contributed by atoms with Crippen molar-refractivity contribution in [3.05, 3.63) is 41.6 Å². The zero-order valence-corrected chi connectivity index (χ0v) is 18.3. The second kappa shape index (κ2) is 9.69. The Morgan fingerprint density at radius 3 is 2.31 bits per heavy atom. The molecule has 1 fully saturated rings. The number of nitrogens with one attached hydrogen (secondary N) is 1. The molecule has 2 heterocycles. The summed E-state index contributed by atoms with van der Waals surface area (Å²) in [6.45, 7) is 13.6. The largest absolute Gasteiger partial charge is 0.444 e. The van der Waals surface area contributed by atoms with E-state index in [1.807, 2.05) is 70.8 Å². The number of carbonyl (C=O) groups excluding carboxylic acids is 2. The number of benzene rings is 1. The average Bonchev–Trinajstić information content (AvgIpc) is 2.68. The van der Waals surface area contributed by atoms with Crippen molar-refractivity contribution >= 4 is 22.9 Å². The van der Waals surface area contributed by atoms with Gasteiger partial charge < -0.3 is 9.64 Å². The zero-order valence-electron chi connectivity index (χ0n) is 18.3. The van der Waals surface area contributed by atoms with Crippen LogP contribution in [0.2, 0.25) is 0 Å². The summed E-state index contributed by atoms with van der Waals surface area (Å²) in [5.74, 6) is -0.247. The second-order valence-corrected chi connectivity index (χ2v) is 7.79. The molecule has 3 rings (SSSR count). The third-order valence-electron chi connectivity index (χ3n) is 4.27. The van der Waals surface area contributed by atoms with Crippen LogP contribution in [0.5, 0.6) is 0 Å². The first-order valence-electron chi connectivity index (χ1n) is 10.1. The van der Waals surface area contributed by atoms with Gasteiger partial charge in [0.05, 0.1) is 5.52 Å². The van der Waals surface area contributed by atoms with Crippen molar-refractivity contribution in [2.24, 2.45) is 0 Å². The number of pyridine rings is 1. The van der Waals surface area contributed by atoms with Crippen LogP contribution in [0.4, 0.5) is 4.79 Å². The fraction of sp³-hybridized carbons (Fsp3) is 0.500. The second-order valence-electron chi connectivity index (χ2n) is 7.79. The van der Waals surface area contributed by atoms with E-state index < -0.39 is 5.60 Å². The smallest absolute Gasteiger partial charge is 0.410 e. The number of hydrogen-bond acceptors (Lipinski definition) is 5. The number of hydrogen-bond donors (Lipinski definition) is 1. The van der Waals surface area contributed by atoms with Crippen LogP contribution in [0.25, 0.3) is 10.9 Å². The summed E-state index contributed by atoms with van der Waals surface area (Å²) >= 11 is 0. The Bertz CT molecular complexity index is 853. The molecule has 0 radical (unpaired) electrons. The van der Waals surface area contributed by atoms with Crippen LogP contribution < -0.4 is 5.43 Å². The SMILES string of the molecule is CC.Cc1ccc2nc(C(=O)NN3CCN(C(=O)OC(C)(C)C)CC3)ccc2c1. The molecule has 7 nitrogen and oxygen atoms in total. The lowest BCUT2D eigenvalue weighted by Crippen LogP contribution is -2.55. The first-order chi connectivity index (χ1) is 13.7. The predicted octanol–water partition coefficient (Wildman–Crippen LogP) is 3.77. The monoisotopic (exact) mass is 400 g/mol. The van der Waals surface area contributed by atoms with Gasteiger partial charge >= 0.3 is 6.09 Å². The molecule has 0 bridgehead atoms. The molecule has 0 saturated carbocycles. The molecule has 2 aromatic rings. The number of rotatable bonds is 2. The first kappa shape index (κ1) is 22.6. The average molecular weight is 401 g/mol. The van der Waals surface area contributed by atoms with Gasteiger partial charge in [-0.1, -0.05) is 31.5 Å². The molecule has 1 aliphatic heterocycles. The molecule has 1 N–H and O–H groups in total. The molecular weight excluding hydrogens is 368 g/mol. The van der Waals surface area contributed by atoms with E-state index >= 15 is 0 Å². The number of amides is 2. The van der Waals surface area contributed by atoms with E-state index in [9.17, 15) is 9.59 Å². The molecule has 1 saturated heterocycles. The summed E-state index contributed by atoms with van der Waals surface area (Å²) in [4.78, 5) is 30.7. The van der Waals surface area contributed by atoms with E-state index in [1.54, 1.807) is 11.0 Å². The summed E-state index contributed by atoms with van der Waals surface area (Å²) in [6, 6.07) is 9.58. The Hall–Kier alpha value is -2.67. The van der Waals surface area contributed by atoms with Crippen LogP contribution >= 0.6 is 0 Å². The van der Waals surface area contributed by atoms with E-state index in [0.29, 0.717) is 31.9 Å². The van der Waals surface area contributed by atoms with Gasteiger partial charge in [-0.3, -0.25) is 10.2 Å². The standard InChI is InChI=1S/C20H26N4O3.C2H6/c1-14-5-7-16-15(13-14)6-8-17(21-16)18(25)22-24-11-9-23(10-12-24)19(26)27-20(2,3)4;1-2/h5-8,13H,9-12H2,1-4H3,(H,22,25);1-2H3. The van der Waals surface area contributed by atoms with E-state index in [2.05, 4.69) is 10.4 Å². The van der Waals surface area contributed by atoms with Crippen LogP contribution in [0, 0.1) is 6.92 Å². The fourth-order valence-electron chi connectivity index (χ4n) is 2.90. The van der Waals surface area contributed by atoms with Crippen LogP contribution in [0.3, 0.4) is 0 Å². The van der Waals surface area contributed by atoms with E-state index in [4.69, 9.17) is 4.74 Å². The fourth-order valence-corrected chi connectivity index (χ4v) is 2.90. The molecule has 29 heavy (non-hydrogen) atoms. The van der Waals surface area contributed by atoms with Gasteiger partial charge in [0.15, 0.2) is 0 Å². The molecule has 0 atom stereocenters. The van der Waals surface area contributed by atoms with Gasteiger partial charge in [-0.15, -0.1) is 0 Å². The number of fused-ring (bicyclic) bond motifs is 1. The van der Waals surface area contributed by atoms with Crippen molar-refractivity contribution in [3.63, 3.8) is 0 Å². The highest BCUT2D eigenvalue weighted by Gasteiger charge is 2.26. The molecule has 0 aliphatic carbocycles. The summed E-state index contributed by atoms with van der Waals surface area (Å²) in [6.07, 6.45) is -0.319. The molecule has 7 heteroatoms. The number of piperazine rings is 1. The van der Waals surface area contributed by atoms with Crippen LogP contribution in [0.1, 0.15) is 50.7 Å². The van der Waals surface area contributed by atoms with E-state index in [1.165, 1.54) is 0 Å². The molecule has 1 aromatic carbocycles. The molecule has 1 aromatic heterocycles. The van der Waals surface area contributed by atoms with Gasteiger partial charge in [0.2, 0.25) is 0 Å². The maximum absolute atomic E-state index is 12.5. The third kappa shape index (κ3) is 6.42. The number of carbonyl (C=O) groups is 2. The molecular formula is C22H32N4O3. The Labute approximate surface area is 173 Å². The van der Waals surface area contributed by atoms with Gasteiger partial charge in [0, 0.05) is 31.6 Å². The minimum Gasteiger partial charge on any atom is -0.444 e. The number of aromatic nitrogens is 1. The molecule has 2 amide bonds. The normalized spacial score (nSPS) is 14.8. The topological polar surface area (TPSA) is 74.8 Å². The minimum atomic E-state index is -0.511. The maximum Gasteiger partial charge on any atom is 0.410 e. The van der Waals surface area contributed by atoms with Gasteiger partial charge in [0.1, 0.15) is 11.3 Å². The van der Waals surface area contributed by atoms with Crippen molar-refractivity contribution in [1.82, 2.24) is 20.3 Å². The summed E-state index contributed by atoms with van der Waals surface area (Å²) in [5.41, 5.74) is 4.69. The molecule has 0 unspecified atom stereocenters. The lowest BCUT2D eigenvalue weighted by Gasteiger charge is -2.35. The van der Waals surface area contributed by atoms with Gasteiger partial charge in [0.25, 0.3) is 5.91 Å². The molecule has 158 valence electrons. The van der Waals surface area contributed by atoms with Gasteiger partial charge in [-0.2, -0.15) is 0 Å². The summed E-state index contributed by atoms with van der Waals surface area (Å²) in [7, 11) is 0. The van der Waals surface area contributed by atoms with Crippen molar-refractivity contribution < 1.29 is 14.3 Å². The Kier molecular flexibility index (Phi) is 7.56. The van der Waals surface area contributed by atoms with Crippen molar-refractivity contribution in [2.75, 3.05) is 26.2 Å². The number of nitrogens with zero attached hydrogens (tertiary/aromatic N) is 3. The maximum atomic E-state index is 12.5. The van der Waals surface area contributed by atoms with Crippen molar-refractivity contribution in [1.29, 1.82) is 0 Å². The molecule has 0 spiro atoms. The van der Waals surface area contributed by atoms with Gasteiger partial charge in [-0.25, -0.2) is 14.8 Å². The minimum absolute atomic E-state index is 0.247. The van der Waals surface area contributed by atoms with Crippen LogP contribution in [-0.2, 0) is 4.74 Å². The number of hydrazine groups is 1. The zero-order chi connectivity index (χ0) is 21.6. The lowest BCUT2D eigenvalue weighted by atomic mass is 10.1. The van der Waals surface area contributed by atoms with Crippen LogP contribution in [-0.4, -0.2) is 58.7 Å². The van der Waals surface area contributed by atoms with Crippen LogP contribution in [0.15, 0.2) is 30.3 Å². The predicted molar refractivity (Wildman–Crippen MR) is 115 cm³/mol. The highest BCUT2D eigenvalue weighted by Crippen LogP contribution is 2.15.